The first-order valence-electron chi connectivity index (χ1n) is 4.41. The molecule has 2 N–H and O–H groups in total. The second-order valence-electron chi connectivity index (χ2n) is 3.05. The number of carbonyl (C=O) groups excluding carboxylic acids is 1. The molecule has 1 heterocycles. The Morgan fingerprint density at radius 3 is 2.53 bits per heavy atom. The molecule has 5 nitrogen and oxygen atoms in total. The van der Waals surface area contributed by atoms with Crippen LogP contribution in [0, 0.1) is 0 Å². The van der Waals surface area contributed by atoms with E-state index in [1.807, 2.05) is 0 Å². The minimum Gasteiger partial charge on any atom is -0.369 e. The molecule has 0 aliphatic rings. The summed E-state index contributed by atoms with van der Waals surface area (Å²) in [6, 6.07) is 2.93. The Kier molecular flexibility index (Phi) is 3.41. The number of hydrogen-bond donors (Lipinski definition) is 1. The van der Waals surface area contributed by atoms with Crippen molar-refractivity contribution in [2.45, 2.75) is 18.4 Å². The highest BCUT2D eigenvalue weighted by Crippen LogP contribution is 2.08. The van der Waals surface area contributed by atoms with Crippen LogP contribution in [0.1, 0.15) is 12.5 Å². The summed E-state index contributed by atoms with van der Waals surface area (Å²) >= 11 is 0. The predicted octanol–water partition coefficient (Wildman–Crippen LogP) is -0.0970. The summed E-state index contributed by atoms with van der Waals surface area (Å²) in [5.74, 6) is -0.460. The molecule has 0 saturated carbocycles. The van der Waals surface area contributed by atoms with Gasteiger partial charge in [0.25, 0.3) is 0 Å². The first kappa shape index (κ1) is 11.6. The number of carbonyl (C=O) groups is 1. The molecule has 0 unspecified atom stereocenters. The third-order valence-corrected chi connectivity index (χ3v) is 3.51. The number of rotatable bonds is 4. The summed E-state index contributed by atoms with van der Waals surface area (Å²) in [6.07, 6.45) is 1.42. The Labute approximate surface area is 88.2 Å². The molecule has 1 aromatic rings. The zero-order valence-electron chi connectivity index (χ0n) is 8.30. The van der Waals surface area contributed by atoms with Gasteiger partial charge in [-0.1, -0.05) is 13.0 Å². The van der Waals surface area contributed by atoms with E-state index in [0.29, 0.717) is 5.56 Å². The van der Waals surface area contributed by atoms with Crippen molar-refractivity contribution >= 4 is 15.7 Å². The number of sulfone groups is 1. The first-order chi connectivity index (χ1) is 6.95. The Morgan fingerprint density at radius 2 is 2.13 bits per heavy atom. The average Bonchev–Trinajstić information content (AvgIpc) is 2.18. The van der Waals surface area contributed by atoms with Crippen molar-refractivity contribution in [3.8, 4) is 0 Å². The third-order valence-electron chi connectivity index (χ3n) is 1.87. The van der Waals surface area contributed by atoms with Crippen LogP contribution in [0.2, 0.25) is 0 Å². The van der Waals surface area contributed by atoms with Gasteiger partial charge in [-0.3, -0.25) is 4.79 Å². The van der Waals surface area contributed by atoms with E-state index in [0.717, 1.165) is 0 Å². The molecular formula is C9H12N2O3S. The zero-order chi connectivity index (χ0) is 11.5. The molecule has 15 heavy (non-hydrogen) atoms. The van der Waals surface area contributed by atoms with Gasteiger partial charge < -0.3 is 5.73 Å². The fourth-order valence-electron chi connectivity index (χ4n) is 1.05. The molecular weight excluding hydrogens is 216 g/mol. The van der Waals surface area contributed by atoms with Gasteiger partial charge in [0.2, 0.25) is 5.91 Å². The lowest BCUT2D eigenvalue weighted by Crippen LogP contribution is -2.14. The van der Waals surface area contributed by atoms with Crippen LogP contribution in [0.4, 0.5) is 0 Å². The van der Waals surface area contributed by atoms with Crippen LogP contribution in [-0.2, 0) is 21.1 Å². The van der Waals surface area contributed by atoms with Crippen LogP contribution >= 0.6 is 0 Å². The maximum atomic E-state index is 11.4. The van der Waals surface area contributed by atoms with Crippen LogP contribution in [-0.4, -0.2) is 25.1 Å². The molecule has 0 aromatic carbocycles. The van der Waals surface area contributed by atoms with Crippen molar-refractivity contribution in [2.24, 2.45) is 5.73 Å². The Balaban J connectivity index is 2.95. The van der Waals surface area contributed by atoms with Gasteiger partial charge in [-0.05, 0) is 11.6 Å². The normalized spacial score (nSPS) is 11.3. The van der Waals surface area contributed by atoms with Crippen LogP contribution in [0.25, 0.3) is 0 Å². The average molecular weight is 228 g/mol. The summed E-state index contributed by atoms with van der Waals surface area (Å²) in [6.45, 7) is 1.55. The van der Waals surface area contributed by atoms with Crippen LogP contribution in [0.15, 0.2) is 23.4 Å². The second kappa shape index (κ2) is 4.39. The minimum absolute atomic E-state index is 0.00909. The molecule has 6 heteroatoms. The van der Waals surface area contributed by atoms with Crippen LogP contribution < -0.4 is 5.73 Å². The maximum absolute atomic E-state index is 11.4. The lowest BCUT2D eigenvalue weighted by atomic mass is 10.2. The lowest BCUT2D eigenvalue weighted by molar-refractivity contribution is -0.117. The summed E-state index contributed by atoms with van der Waals surface area (Å²) < 4.78 is 22.8. The largest absolute Gasteiger partial charge is 0.369 e. The Morgan fingerprint density at radius 1 is 1.47 bits per heavy atom. The van der Waals surface area contributed by atoms with Gasteiger partial charge in [0.15, 0.2) is 14.9 Å². The molecule has 0 spiro atoms. The molecule has 0 bridgehead atoms. The fourth-order valence-corrected chi connectivity index (χ4v) is 1.83. The van der Waals surface area contributed by atoms with E-state index in [4.69, 9.17) is 5.73 Å². The van der Waals surface area contributed by atoms with Gasteiger partial charge in [-0.25, -0.2) is 13.4 Å². The Bertz CT molecular complexity index is 451. The second-order valence-corrected chi connectivity index (χ2v) is 5.28. The summed E-state index contributed by atoms with van der Waals surface area (Å²) in [4.78, 5) is 14.4. The highest BCUT2D eigenvalue weighted by Gasteiger charge is 2.12. The summed E-state index contributed by atoms with van der Waals surface area (Å²) in [5, 5.41) is 0.0261. The minimum atomic E-state index is -3.27. The highest BCUT2D eigenvalue weighted by atomic mass is 32.2. The van der Waals surface area contributed by atoms with Gasteiger partial charge in [-0.2, -0.15) is 0 Å². The van der Waals surface area contributed by atoms with Crippen molar-refractivity contribution in [1.29, 1.82) is 0 Å². The smallest absolute Gasteiger partial charge is 0.221 e. The molecule has 1 rings (SSSR count). The fraction of sp³-hybridized carbons (Fsp3) is 0.333. The SMILES string of the molecule is CCS(=O)(=O)c1ccc(CC(N)=O)cn1. The number of primary amides is 1. The number of nitrogens with two attached hydrogens (primary N) is 1. The van der Waals surface area contributed by atoms with E-state index in [9.17, 15) is 13.2 Å². The Hall–Kier alpha value is -1.43. The van der Waals surface area contributed by atoms with Crippen LogP contribution in [0.3, 0.4) is 0 Å². The molecule has 0 aliphatic heterocycles. The monoisotopic (exact) mass is 228 g/mol. The predicted molar refractivity (Wildman–Crippen MR) is 54.9 cm³/mol. The van der Waals surface area contributed by atoms with Crippen molar-refractivity contribution in [1.82, 2.24) is 4.98 Å². The maximum Gasteiger partial charge on any atom is 0.221 e. The summed E-state index contributed by atoms with van der Waals surface area (Å²) in [5.41, 5.74) is 5.60. The topological polar surface area (TPSA) is 90.1 Å². The molecule has 0 saturated heterocycles. The van der Waals surface area contributed by atoms with Gasteiger partial charge >= 0.3 is 0 Å². The van der Waals surface area contributed by atoms with Crippen molar-refractivity contribution in [3.63, 3.8) is 0 Å². The molecule has 0 aliphatic carbocycles. The molecule has 0 radical (unpaired) electrons. The molecule has 0 fully saturated rings. The number of amides is 1. The van der Waals surface area contributed by atoms with Gasteiger partial charge in [0.05, 0.1) is 12.2 Å². The standard InChI is InChI=1S/C9H12N2O3S/c1-2-15(13,14)9-4-3-7(6-11-9)5-8(10)12/h3-4,6H,2,5H2,1H3,(H2,10,12). The van der Waals surface area contributed by atoms with Crippen molar-refractivity contribution in [3.05, 3.63) is 23.9 Å². The quantitative estimate of drug-likeness (QED) is 0.779. The van der Waals surface area contributed by atoms with E-state index in [1.165, 1.54) is 12.3 Å². The van der Waals surface area contributed by atoms with Crippen molar-refractivity contribution < 1.29 is 13.2 Å². The van der Waals surface area contributed by atoms with Crippen molar-refractivity contribution in [2.75, 3.05) is 5.75 Å². The van der Waals surface area contributed by atoms with E-state index in [-0.39, 0.29) is 17.2 Å². The summed E-state index contributed by atoms with van der Waals surface area (Å²) in [7, 11) is -3.27. The van der Waals surface area contributed by atoms with E-state index in [1.54, 1.807) is 13.0 Å². The van der Waals surface area contributed by atoms with Gasteiger partial charge in [0, 0.05) is 6.20 Å². The first-order valence-corrected chi connectivity index (χ1v) is 6.07. The lowest BCUT2D eigenvalue weighted by Gasteiger charge is -2.01. The highest BCUT2D eigenvalue weighted by molar-refractivity contribution is 7.91. The van der Waals surface area contributed by atoms with E-state index in [2.05, 4.69) is 4.98 Å². The zero-order valence-corrected chi connectivity index (χ0v) is 9.12. The molecule has 82 valence electrons. The van der Waals surface area contributed by atoms with Crippen LogP contribution in [0.5, 0.6) is 0 Å². The number of nitrogens with zero attached hydrogens (tertiary/aromatic N) is 1. The molecule has 0 atom stereocenters. The molecule has 1 amide bonds. The third kappa shape index (κ3) is 3.02. The number of hydrogen-bond acceptors (Lipinski definition) is 4. The number of aromatic nitrogens is 1. The van der Waals surface area contributed by atoms with Gasteiger partial charge in [-0.15, -0.1) is 0 Å². The van der Waals surface area contributed by atoms with E-state index >= 15 is 0 Å². The van der Waals surface area contributed by atoms with E-state index < -0.39 is 15.7 Å². The van der Waals surface area contributed by atoms with Gasteiger partial charge in [0.1, 0.15) is 0 Å². The number of pyridine rings is 1. The molecule has 1 aromatic heterocycles.